The number of rotatable bonds is 3. The highest BCUT2D eigenvalue weighted by Gasteiger charge is 2.22. The molecule has 0 saturated carbocycles. The van der Waals surface area contributed by atoms with Crippen LogP contribution in [0.3, 0.4) is 0 Å². The minimum Gasteiger partial charge on any atom is -0.458 e. The maximum atomic E-state index is 5.89. The second kappa shape index (κ2) is 4.02. The van der Waals surface area contributed by atoms with Gasteiger partial charge in [0.05, 0.1) is 0 Å². The molecule has 66 valence electrons. The van der Waals surface area contributed by atoms with Gasteiger partial charge in [0.2, 0.25) is 8.32 Å². The van der Waals surface area contributed by atoms with Crippen LogP contribution < -0.4 is 5.19 Å². The SMILES string of the molecule is C[SiH2]O[Si](C)(C)c1ccccc1. The summed E-state index contributed by atoms with van der Waals surface area (Å²) >= 11 is 0. The van der Waals surface area contributed by atoms with Crippen LogP contribution in [-0.2, 0) is 4.12 Å². The Morgan fingerprint density at radius 2 is 1.75 bits per heavy atom. The van der Waals surface area contributed by atoms with Crippen molar-refractivity contribution < 1.29 is 4.12 Å². The second-order valence-electron chi connectivity index (χ2n) is 3.31. The van der Waals surface area contributed by atoms with Gasteiger partial charge in [-0.25, -0.2) is 0 Å². The molecular weight excluding hydrogens is 180 g/mol. The maximum Gasteiger partial charge on any atom is 0.205 e. The predicted octanol–water partition coefficient (Wildman–Crippen LogP) is 1.25. The summed E-state index contributed by atoms with van der Waals surface area (Å²) in [6, 6.07) is 10.6. The molecule has 0 radical (unpaired) electrons. The molecule has 0 saturated heterocycles. The normalized spacial score (nSPS) is 12.6. The first-order valence-electron chi connectivity index (χ1n) is 4.36. The van der Waals surface area contributed by atoms with Gasteiger partial charge >= 0.3 is 0 Å². The molecule has 0 atom stereocenters. The first kappa shape index (κ1) is 9.70. The molecule has 0 aromatic heterocycles. The summed E-state index contributed by atoms with van der Waals surface area (Å²) in [5.74, 6) is 0. The first-order chi connectivity index (χ1) is 5.67. The topological polar surface area (TPSA) is 9.23 Å². The van der Waals surface area contributed by atoms with Gasteiger partial charge in [0, 0.05) is 0 Å². The standard InChI is InChI=1S/C9H16OSi2/c1-11-10-12(2,3)9-7-5-4-6-8-9/h4-8H,11H2,1-3H3. The van der Waals surface area contributed by atoms with Gasteiger partial charge in [-0.3, -0.25) is 0 Å². The van der Waals surface area contributed by atoms with Crippen LogP contribution in [0.2, 0.25) is 19.6 Å². The van der Waals surface area contributed by atoms with Crippen molar-refractivity contribution in [1.29, 1.82) is 0 Å². The lowest BCUT2D eigenvalue weighted by Gasteiger charge is -2.22. The summed E-state index contributed by atoms with van der Waals surface area (Å²) in [6.07, 6.45) is 0. The van der Waals surface area contributed by atoms with Gasteiger partial charge in [0.1, 0.15) is 9.76 Å². The van der Waals surface area contributed by atoms with E-state index in [0.717, 1.165) is 0 Å². The molecule has 1 rings (SSSR count). The lowest BCUT2D eigenvalue weighted by Crippen LogP contribution is -2.45. The van der Waals surface area contributed by atoms with Crippen LogP contribution in [0.25, 0.3) is 0 Å². The van der Waals surface area contributed by atoms with Crippen molar-refractivity contribution in [3.63, 3.8) is 0 Å². The molecule has 0 aliphatic heterocycles. The van der Waals surface area contributed by atoms with Crippen molar-refractivity contribution in [2.24, 2.45) is 0 Å². The fourth-order valence-electron chi connectivity index (χ4n) is 1.28. The fraction of sp³-hybridized carbons (Fsp3) is 0.333. The monoisotopic (exact) mass is 196 g/mol. The van der Waals surface area contributed by atoms with Crippen LogP contribution in [0, 0.1) is 0 Å². The van der Waals surface area contributed by atoms with Gasteiger partial charge in [-0.15, -0.1) is 0 Å². The largest absolute Gasteiger partial charge is 0.458 e. The summed E-state index contributed by atoms with van der Waals surface area (Å²) in [6.45, 7) is 6.72. The highest BCUT2D eigenvalue weighted by atomic mass is 28.4. The van der Waals surface area contributed by atoms with Crippen LogP contribution >= 0.6 is 0 Å². The molecule has 0 fully saturated rings. The Labute approximate surface area is 77.8 Å². The summed E-state index contributed by atoms with van der Waals surface area (Å²) < 4.78 is 5.89. The van der Waals surface area contributed by atoms with Crippen molar-refractivity contribution >= 4 is 23.3 Å². The van der Waals surface area contributed by atoms with E-state index < -0.39 is 8.32 Å². The Hall–Kier alpha value is -0.386. The smallest absolute Gasteiger partial charge is 0.205 e. The average Bonchev–Trinajstić information content (AvgIpc) is 2.06. The molecule has 0 N–H and O–H groups in total. The zero-order chi connectivity index (χ0) is 9.03. The highest BCUT2D eigenvalue weighted by molar-refractivity contribution is 6.87. The molecule has 0 aliphatic carbocycles. The van der Waals surface area contributed by atoms with Crippen LogP contribution in [0.4, 0.5) is 0 Å². The van der Waals surface area contributed by atoms with E-state index in [1.54, 1.807) is 0 Å². The van der Waals surface area contributed by atoms with E-state index in [9.17, 15) is 0 Å². The molecule has 1 aromatic rings. The van der Waals surface area contributed by atoms with Gasteiger partial charge in [-0.1, -0.05) is 36.9 Å². The number of hydrogen-bond donors (Lipinski definition) is 0. The molecular formula is C9H16OSi2. The molecule has 1 nitrogen and oxygen atoms in total. The van der Waals surface area contributed by atoms with E-state index in [0.29, 0.717) is 0 Å². The summed E-state index contributed by atoms with van der Waals surface area (Å²) in [5, 5.41) is 1.40. The lowest BCUT2D eigenvalue weighted by molar-refractivity contribution is 0.611. The van der Waals surface area contributed by atoms with Crippen molar-refractivity contribution in [2.45, 2.75) is 19.6 Å². The molecule has 0 aliphatic rings. The van der Waals surface area contributed by atoms with E-state index >= 15 is 0 Å². The van der Waals surface area contributed by atoms with E-state index in [-0.39, 0.29) is 9.76 Å². The predicted molar refractivity (Wildman–Crippen MR) is 59.1 cm³/mol. The van der Waals surface area contributed by atoms with Crippen molar-refractivity contribution in [1.82, 2.24) is 0 Å². The van der Waals surface area contributed by atoms with Gasteiger partial charge < -0.3 is 4.12 Å². The third-order valence-electron chi connectivity index (χ3n) is 1.97. The Bertz CT molecular complexity index is 234. The Kier molecular flexibility index (Phi) is 3.25. The van der Waals surface area contributed by atoms with Gasteiger partial charge in [0.25, 0.3) is 0 Å². The molecule has 0 unspecified atom stereocenters. The van der Waals surface area contributed by atoms with Crippen molar-refractivity contribution in [2.75, 3.05) is 0 Å². The molecule has 3 heteroatoms. The third kappa shape index (κ3) is 2.30. The quantitative estimate of drug-likeness (QED) is 0.661. The zero-order valence-electron chi connectivity index (χ0n) is 8.00. The Balaban J connectivity index is 2.82. The minimum atomic E-state index is -1.52. The average molecular weight is 196 g/mol. The Morgan fingerprint density at radius 1 is 1.17 bits per heavy atom. The fourth-order valence-corrected chi connectivity index (χ4v) is 5.83. The third-order valence-corrected chi connectivity index (χ3v) is 7.74. The minimum absolute atomic E-state index is 0.272. The van der Waals surface area contributed by atoms with E-state index in [1.165, 1.54) is 5.19 Å². The number of benzene rings is 1. The molecule has 0 heterocycles. The maximum absolute atomic E-state index is 5.89. The lowest BCUT2D eigenvalue weighted by atomic mass is 10.4. The molecule has 0 spiro atoms. The van der Waals surface area contributed by atoms with Gasteiger partial charge in [0.15, 0.2) is 0 Å². The van der Waals surface area contributed by atoms with E-state index in [4.69, 9.17) is 4.12 Å². The summed E-state index contributed by atoms with van der Waals surface area (Å²) in [5.41, 5.74) is 0. The van der Waals surface area contributed by atoms with Crippen LogP contribution in [-0.4, -0.2) is 18.1 Å². The number of hydrogen-bond acceptors (Lipinski definition) is 1. The van der Waals surface area contributed by atoms with Gasteiger partial charge in [-0.2, -0.15) is 0 Å². The summed E-state index contributed by atoms with van der Waals surface area (Å²) in [4.78, 5) is 0. The highest BCUT2D eigenvalue weighted by Crippen LogP contribution is 2.03. The van der Waals surface area contributed by atoms with Crippen LogP contribution in [0.1, 0.15) is 0 Å². The van der Waals surface area contributed by atoms with Crippen LogP contribution in [0.15, 0.2) is 30.3 Å². The molecule has 1 aromatic carbocycles. The molecule has 0 bridgehead atoms. The van der Waals surface area contributed by atoms with Crippen molar-refractivity contribution in [3.05, 3.63) is 30.3 Å². The van der Waals surface area contributed by atoms with Crippen molar-refractivity contribution in [3.8, 4) is 0 Å². The summed E-state index contributed by atoms with van der Waals surface area (Å²) in [7, 11) is -1.79. The Morgan fingerprint density at radius 3 is 2.25 bits per heavy atom. The second-order valence-corrected chi connectivity index (χ2v) is 8.64. The van der Waals surface area contributed by atoms with E-state index in [1.807, 2.05) is 0 Å². The van der Waals surface area contributed by atoms with Crippen LogP contribution in [0.5, 0.6) is 0 Å². The van der Waals surface area contributed by atoms with E-state index in [2.05, 4.69) is 50.0 Å². The molecule has 12 heavy (non-hydrogen) atoms. The first-order valence-corrected chi connectivity index (χ1v) is 9.26. The van der Waals surface area contributed by atoms with Gasteiger partial charge in [-0.05, 0) is 18.3 Å². The molecule has 0 amide bonds. The zero-order valence-corrected chi connectivity index (χ0v) is 10.4.